The van der Waals surface area contributed by atoms with Gasteiger partial charge in [-0.1, -0.05) is 32.0 Å². The van der Waals surface area contributed by atoms with Crippen LogP contribution in [-0.2, 0) is 6.54 Å². The first kappa shape index (κ1) is 18.4. The van der Waals surface area contributed by atoms with Gasteiger partial charge in [0.25, 0.3) is 0 Å². The van der Waals surface area contributed by atoms with E-state index in [1.54, 1.807) is 12.1 Å². The smallest absolute Gasteiger partial charge is 0.335 e. The third kappa shape index (κ3) is 2.73. The molecule has 3 atom stereocenters. The molecular formula is C25H28N2O2. The SMILES string of the molecule is Cc1cc(C)c2[nH]ccc2c1CN1CC2C(C1c1ccc(C(=O)O)cc1)C2(C)C. The minimum atomic E-state index is -0.866. The number of hydrogen-bond donors (Lipinski definition) is 2. The molecule has 2 N–H and O–H groups in total. The van der Waals surface area contributed by atoms with Gasteiger partial charge < -0.3 is 10.1 Å². The normalized spacial score (nSPS) is 25.3. The second-order valence-electron chi connectivity index (χ2n) is 9.51. The Morgan fingerprint density at radius 1 is 1.17 bits per heavy atom. The van der Waals surface area contributed by atoms with Crippen molar-refractivity contribution in [3.8, 4) is 0 Å². The van der Waals surface area contributed by atoms with E-state index >= 15 is 0 Å². The van der Waals surface area contributed by atoms with Crippen molar-refractivity contribution >= 4 is 16.9 Å². The molecule has 3 aromatic rings. The maximum absolute atomic E-state index is 11.3. The number of aromatic amines is 1. The summed E-state index contributed by atoms with van der Waals surface area (Å²) in [4.78, 5) is 17.3. The van der Waals surface area contributed by atoms with Crippen LogP contribution in [0.3, 0.4) is 0 Å². The minimum Gasteiger partial charge on any atom is -0.478 e. The number of benzene rings is 2. The topological polar surface area (TPSA) is 56.3 Å². The van der Waals surface area contributed by atoms with Gasteiger partial charge in [-0.3, -0.25) is 4.90 Å². The number of fused-ring (bicyclic) bond motifs is 2. The number of carboxylic acids is 1. The summed E-state index contributed by atoms with van der Waals surface area (Å²) in [6.45, 7) is 11.2. The monoisotopic (exact) mass is 388 g/mol. The summed E-state index contributed by atoms with van der Waals surface area (Å²) in [5.41, 5.74) is 7.22. The van der Waals surface area contributed by atoms with Crippen LogP contribution in [-0.4, -0.2) is 27.5 Å². The summed E-state index contributed by atoms with van der Waals surface area (Å²) in [5.74, 6) is 0.472. The average Bonchev–Trinajstić information content (AvgIpc) is 3.09. The van der Waals surface area contributed by atoms with E-state index in [2.05, 4.69) is 49.7 Å². The number of aromatic carboxylic acids is 1. The summed E-state index contributed by atoms with van der Waals surface area (Å²) in [5, 5.41) is 10.6. The third-order valence-electron chi connectivity index (χ3n) is 7.54. The quantitative estimate of drug-likeness (QED) is 0.637. The molecule has 3 unspecified atom stereocenters. The van der Waals surface area contributed by atoms with Gasteiger partial charge in [-0.05, 0) is 71.6 Å². The second kappa shape index (κ2) is 6.20. The molecule has 5 rings (SSSR count). The standard InChI is InChI=1S/C25H28N2O2/c1-14-11-15(2)22-18(9-10-26-22)19(14)12-27-13-20-21(25(20,3)4)23(27)16-5-7-17(8-6-16)24(28)29/h5-11,20-21,23,26H,12-13H2,1-4H3,(H,28,29). The van der Waals surface area contributed by atoms with Gasteiger partial charge in [-0.25, -0.2) is 4.79 Å². The number of hydrogen-bond acceptors (Lipinski definition) is 2. The lowest BCUT2D eigenvalue weighted by Crippen LogP contribution is -2.30. The molecule has 0 radical (unpaired) electrons. The molecule has 0 amide bonds. The molecule has 1 aliphatic carbocycles. The molecule has 1 saturated carbocycles. The Hall–Kier alpha value is -2.59. The van der Waals surface area contributed by atoms with Gasteiger partial charge >= 0.3 is 5.97 Å². The van der Waals surface area contributed by atoms with Gasteiger partial charge in [-0.2, -0.15) is 0 Å². The Morgan fingerprint density at radius 3 is 2.59 bits per heavy atom. The third-order valence-corrected chi connectivity index (χ3v) is 7.54. The predicted octanol–water partition coefficient (Wildman–Crippen LogP) is 5.31. The van der Waals surface area contributed by atoms with Crippen molar-refractivity contribution in [3.63, 3.8) is 0 Å². The van der Waals surface area contributed by atoms with E-state index in [4.69, 9.17) is 0 Å². The molecule has 0 spiro atoms. The Labute approximate surface area is 171 Å². The summed E-state index contributed by atoms with van der Waals surface area (Å²) in [6, 6.07) is 12.4. The van der Waals surface area contributed by atoms with Crippen molar-refractivity contribution in [3.05, 3.63) is 70.4 Å². The van der Waals surface area contributed by atoms with E-state index in [9.17, 15) is 9.90 Å². The molecule has 0 bridgehead atoms. The Morgan fingerprint density at radius 2 is 1.90 bits per heavy atom. The maximum atomic E-state index is 11.3. The van der Waals surface area contributed by atoms with Gasteiger partial charge in [0.05, 0.1) is 5.56 Å². The van der Waals surface area contributed by atoms with Crippen molar-refractivity contribution in [2.24, 2.45) is 17.3 Å². The Bertz CT molecular complexity index is 1110. The van der Waals surface area contributed by atoms with Gasteiger partial charge in [-0.15, -0.1) is 0 Å². The highest BCUT2D eigenvalue weighted by Crippen LogP contribution is 2.69. The number of carboxylic acid groups (broad SMARTS) is 1. The van der Waals surface area contributed by atoms with E-state index in [1.165, 1.54) is 33.2 Å². The number of likely N-dealkylation sites (tertiary alicyclic amines) is 1. The van der Waals surface area contributed by atoms with Crippen molar-refractivity contribution in [2.45, 2.75) is 40.3 Å². The number of carbonyl (C=O) groups is 1. The predicted molar refractivity (Wildman–Crippen MR) is 115 cm³/mol. The summed E-state index contributed by atoms with van der Waals surface area (Å²) in [7, 11) is 0. The summed E-state index contributed by atoms with van der Waals surface area (Å²) in [6.07, 6.45) is 2.03. The van der Waals surface area contributed by atoms with Crippen molar-refractivity contribution in [1.82, 2.24) is 9.88 Å². The van der Waals surface area contributed by atoms with E-state index in [-0.39, 0.29) is 0 Å². The number of piperidine rings is 1. The number of nitrogens with one attached hydrogen (secondary N) is 1. The highest BCUT2D eigenvalue weighted by Gasteiger charge is 2.66. The minimum absolute atomic E-state index is 0.340. The lowest BCUT2D eigenvalue weighted by molar-refractivity contribution is 0.0696. The van der Waals surface area contributed by atoms with Crippen LogP contribution in [0.25, 0.3) is 10.9 Å². The molecule has 2 fully saturated rings. The van der Waals surface area contributed by atoms with Crippen LogP contribution in [0.5, 0.6) is 0 Å². The first-order chi connectivity index (χ1) is 13.8. The first-order valence-corrected chi connectivity index (χ1v) is 10.4. The highest BCUT2D eigenvalue weighted by atomic mass is 16.4. The lowest BCUT2D eigenvalue weighted by Gasteiger charge is -2.32. The lowest BCUT2D eigenvalue weighted by atomic mass is 9.93. The molecule has 2 aromatic carbocycles. The van der Waals surface area contributed by atoms with Crippen LogP contribution in [0.2, 0.25) is 0 Å². The van der Waals surface area contributed by atoms with Crippen molar-refractivity contribution < 1.29 is 9.90 Å². The second-order valence-corrected chi connectivity index (χ2v) is 9.51. The highest BCUT2D eigenvalue weighted by molar-refractivity contribution is 5.88. The molecule has 150 valence electrons. The largest absolute Gasteiger partial charge is 0.478 e. The number of H-pyrrole nitrogens is 1. The molecular weight excluding hydrogens is 360 g/mol. The van der Waals surface area contributed by atoms with Gasteiger partial charge in [0.2, 0.25) is 0 Å². The van der Waals surface area contributed by atoms with Gasteiger partial charge in [0.1, 0.15) is 0 Å². The maximum Gasteiger partial charge on any atom is 0.335 e. The number of aryl methyl sites for hydroxylation is 2. The van der Waals surface area contributed by atoms with Crippen molar-refractivity contribution in [2.75, 3.05) is 6.54 Å². The fourth-order valence-corrected chi connectivity index (χ4v) is 5.82. The van der Waals surface area contributed by atoms with E-state index in [0.29, 0.717) is 28.9 Å². The number of aromatic nitrogens is 1. The number of nitrogens with zero attached hydrogens (tertiary/aromatic N) is 1. The van der Waals surface area contributed by atoms with Crippen LogP contribution in [0.4, 0.5) is 0 Å². The first-order valence-electron chi connectivity index (χ1n) is 10.4. The zero-order chi connectivity index (χ0) is 20.5. The van der Waals surface area contributed by atoms with Crippen LogP contribution in [0, 0.1) is 31.1 Å². The van der Waals surface area contributed by atoms with Gasteiger partial charge in [0, 0.05) is 36.2 Å². The van der Waals surface area contributed by atoms with Crippen LogP contribution in [0.15, 0.2) is 42.6 Å². The molecule has 1 aliphatic heterocycles. The molecule has 2 heterocycles. The molecule has 1 saturated heterocycles. The fourth-order valence-electron chi connectivity index (χ4n) is 5.82. The molecule has 1 aromatic heterocycles. The van der Waals surface area contributed by atoms with Crippen LogP contribution >= 0.6 is 0 Å². The van der Waals surface area contributed by atoms with E-state index in [1.807, 2.05) is 18.3 Å². The average molecular weight is 389 g/mol. The fraction of sp³-hybridized carbons (Fsp3) is 0.400. The van der Waals surface area contributed by atoms with Crippen LogP contribution in [0.1, 0.15) is 52.5 Å². The van der Waals surface area contributed by atoms with Gasteiger partial charge in [0.15, 0.2) is 0 Å². The number of rotatable bonds is 4. The molecule has 2 aliphatic rings. The van der Waals surface area contributed by atoms with E-state index < -0.39 is 5.97 Å². The Balaban J connectivity index is 1.52. The molecule has 4 heteroatoms. The Kier molecular flexibility index (Phi) is 3.94. The van der Waals surface area contributed by atoms with Crippen LogP contribution < -0.4 is 0 Å². The van der Waals surface area contributed by atoms with Crippen molar-refractivity contribution in [1.29, 1.82) is 0 Å². The molecule has 4 nitrogen and oxygen atoms in total. The molecule has 29 heavy (non-hydrogen) atoms. The summed E-state index contributed by atoms with van der Waals surface area (Å²) >= 11 is 0. The zero-order valence-electron chi connectivity index (χ0n) is 17.5. The van der Waals surface area contributed by atoms with E-state index in [0.717, 1.165) is 13.1 Å². The summed E-state index contributed by atoms with van der Waals surface area (Å²) < 4.78 is 0. The zero-order valence-corrected chi connectivity index (χ0v) is 17.5.